The number of nitrogens with two attached hydrogens (primary N) is 1. The van der Waals surface area contributed by atoms with Crippen molar-refractivity contribution in [2.75, 3.05) is 6.26 Å². The minimum Gasteiger partial charge on any atom is -0.457 e. The monoisotopic (exact) mass is 293 g/mol. The lowest BCUT2D eigenvalue weighted by Crippen LogP contribution is -2.01. The van der Waals surface area contributed by atoms with Crippen molar-refractivity contribution in [1.29, 1.82) is 0 Å². The lowest BCUT2D eigenvalue weighted by Gasteiger charge is -2.14. The maximum atomic E-state index is 6.01. The molecule has 0 aliphatic rings. The SMILES string of the molecule is CSc1cccc(Oc2cc(Cl)ccc2C)c1CN. The van der Waals surface area contributed by atoms with E-state index < -0.39 is 0 Å². The highest BCUT2D eigenvalue weighted by Gasteiger charge is 2.10. The zero-order valence-corrected chi connectivity index (χ0v) is 12.5. The molecule has 0 aliphatic carbocycles. The average molecular weight is 294 g/mol. The number of rotatable bonds is 4. The molecule has 0 unspecified atom stereocenters. The zero-order valence-electron chi connectivity index (χ0n) is 10.9. The number of hydrogen-bond donors (Lipinski definition) is 1. The molecular formula is C15H16ClNOS. The first-order valence-corrected chi connectivity index (χ1v) is 7.56. The number of aryl methyl sites for hydroxylation is 1. The predicted octanol–water partition coefficient (Wildman–Crippen LogP) is 4.62. The van der Waals surface area contributed by atoms with Crippen LogP contribution in [0.1, 0.15) is 11.1 Å². The highest BCUT2D eigenvalue weighted by Crippen LogP contribution is 2.33. The zero-order chi connectivity index (χ0) is 13.8. The molecule has 100 valence electrons. The van der Waals surface area contributed by atoms with Crippen LogP contribution < -0.4 is 10.5 Å². The van der Waals surface area contributed by atoms with E-state index in [9.17, 15) is 0 Å². The van der Waals surface area contributed by atoms with E-state index in [4.69, 9.17) is 22.1 Å². The van der Waals surface area contributed by atoms with Gasteiger partial charge in [0.2, 0.25) is 0 Å². The Balaban J connectivity index is 2.40. The van der Waals surface area contributed by atoms with Gasteiger partial charge in [-0.3, -0.25) is 0 Å². The Hall–Kier alpha value is -1.16. The molecule has 2 nitrogen and oxygen atoms in total. The standard InChI is InChI=1S/C15H16ClNOS/c1-10-6-7-11(16)8-14(10)18-13-4-3-5-15(19-2)12(13)9-17/h3-8H,9,17H2,1-2H3. The minimum atomic E-state index is 0.450. The molecule has 0 saturated carbocycles. The molecule has 0 radical (unpaired) electrons. The van der Waals surface area contributed by atoms with E-state index >= 15 is 0 Å². The number of halogens is 1. The van der Waals surface area contributed by atoms with Crippen LogP contribution in [0, 0.1) is 6.92 Å². The Bertz CT molecular complexity index is 586. The van der Waals surface area contributed by atoms with Crippen LogP contribution in [0.4, 0.5) is 0 Å². The van der Waals surface area contributed by atoms with Gasteiger partial charge < -0.3 is 10.5 Å². The highest BCUT2D eigenvalue weighted by molar-refractivity contribution is 7.98. The molecule has 0 saturated heterocycles. The Morgan fingerprint density at radius 2 is 2.00 bits per heavy atom. The van der Waals surface area contributed by atoms with Gasteiger partial charge in [-0.2, -0.15) is 0 Å². The van der Waals surface area contributed by atoms with E-state index in [0.29, 0.717) is 11.6 Å². The van der Waals surface area contributed by atoms with E-state index in [1.165, 1.54) is 0 Å². The molecule has 0 heterocycles. The van der Waals surface area contributed by atoms with Crippen LogP contribution in [0.3, 0.4) is 0 Å². The highest BCUT2D eigenvalue weighted by atomic mass is 35.5. The van der Waals surface area contributed by atoms with Crippen molar-refractivity contribution in [2.45, 2.75) is 18.4 Å². The van der Waals surface area contributed by atoms with Crippen LogP contribution in [0.25, 0.3) is 0 Å². The van der Waals surface area contributed by atoms with Gasteiger partial charge in [-0.05, 0) is 43.0 Å². The molecule has 2 N–H and O–H groups in total. The molecule has 2 aromatic rings. The number of hydrogen-bond acceptors (Lipinski definition) is 3. The van der Waals surface area contributed by atoms with E-state index in [0.717, 1.165) is 27.5 Å². The molecule has 2 rings (SSSR count). The quantitative estimate of drug-likeness (QED) is 0.835. The maximum absolute atomic E-state index is 6.01. The van der Waals surface area contributed by atoms with Crippen LogP contribution in [0.15, 0.2) is 41.3 Å². The van der Waals surface area contributed by atoms with Crippen LogP contribution >= 0.6 is 23.4 Å². The van der Waals surface area contributed by atoms with Crippen molar-refractivity contribution in [2.24, 2.45) is 5.73 Å². The summed E-state index contributed by atoms with van der Waals surface area (Å²) in [6.45, 7) is 2.44. The van der Waals surface area contributed by atoms with Crippen molar-refractivity contribution in [3.8, 4) is 11.5 Å². The molecule has 0 aromatic heterocycles. The van der Waals surface area contributed by atoms with Crippen molar-refractivity contribution in [3.05, 3.63) is 52.5 Å². The van der Waals surface area contributed by atoms with Crippen LogP contribution in [-0.4, -0.2) is 6.26 Å². The normalized spacial score (nSPS) is 10.5. The Morgan fingerprint density at radius 3 is 2.68 bits per heavy atom. The van der Waals surface area contributed by atoms with Gasteiger partial charge in [0.15, 0.2) is 0 Å². The first-order chi connectivity index (χ1) is 9.15. The molecule has 0 bridgehead atoms. The average Bonchev–Trinajstić information content (AvgIpc) is 2.42. The van der Waals surface area contributed by atoms with Crippen molar-refractivity contribution in [1.82, 2.24) is 0 Å². The van der Waals surface area contributed by atoms with Crippen LogP contribution in [0.5, 0.6) is 11.5 Å². The summed E-state index contributed by atoms with van der Waals surface area (Å²) in [5.41, 5.74) is 7.90. The second-order valence-corrected chi connectivity index (χ2v) is 5.44. The van der Waals surface area contributed by atoms with Gasteiger partial charge in [0.05, 0.1) is 0 Å². The van der Waals surface area contributed by atoms with Gasteiger partial charge in [0.1, 0.15) is 11.5 Å². The predicted molar refractivity (Wildman–Crippen MR) is 82.4 cm³/mol. The molecular weight excluding hydrogens is 278 g/mol. The first-order valence-electron chi connectivity index (χ1n) is 5.95. The molecule has 19 heavy (non-hydrogen) atoms. The summed E-state index contributed by atoms with van der Waals surface area (Å²) in [6.07, 6.45) is 2.03. The summed E-state index contributed by atoms with van der Waals surface area (Å²) in [7, 11) is 0. The second kappa shape index (κ2) is 6.33. The topological polar surface area (TPSA) is 35.2 Å². The van der Waals surface area contributed by atoms with Crippen molar-refractivity contribution < 1.29 is 4.74 Å². The summed E-state index contributed by atoms with van der Waals surface area (Å²) in [5, 5.41) is 0.663. The molecule has 0 fully saturated rings. The molecule has 0 aliphatic heterocycles. The third kappa shape index (κ3) is 3.24. The third-order valence-corrected chi connectivity index (χ3v) is 3.94. The Morgan fingerprint density at radius 1 is 1.21 bits per heavy atom. The molecule has 0 amide bonds. The number of thioether (sulfide) groups is 1. The number of ether oxygens (including phenoxy) is 1. The first kappa shape index (κ1) is 14.3. The van der Waals surface area contributed by atoms with Gasteiger partial charge in [-0.15, -0.1) is 11.8 Å². The van der Waals surface area contributed by atoms with Crippen molar-refractivity contribution >= 4 is 23.4 Å². The lowest BCUT2D eigenvalue weighted by atomic mass is 10.2. The largest absolute Gasteiger partial charge is 0.457 e. The summed E-state index contributed by atoms with van der Waals surface area (Å²) < 4.78 is 5.98. The Labute approximate surface area is 122 Å². The van der Waals surface area contributed by atoms with E-state index in [2.05, 4.69) is 0 Å². The van der Waals surface area contributed by atoms with Gasteiger partial charge in [0, 0.05) is 22.0 Å². The second-order valence-electron chi connectivity index (χ2n) is 4.15. The summed E-state index contributed by atoms with van der Waals surface area (Å²) in [5.74, 6) is 1.56. The van der Waals surface area contributed by atoms with Gasteiger partial charge in [-0.25, -0.2) is 0 Å². The van der Waals surface area contributed by atoms with E-state index in [-0.39, 0.29) is 0 Å². The molecule has 0 atom stereocenters. The number of benzene rings is 2. The van der Waals surface area contributed by atoms with Crippen LogP contribution in [-0.2, 0) is 6.54 Å². The lowest BCUT2D eigenvalue weighted by molar-refractivity contribution is 0.471. The fourth-order valence-corrected chi connectivity index (χ4v) is 2.64. The minimum absolute atomic E-state index is 0.450. The molecule has 0 spiro atoms. The summed E-state index contributed by atoms with van der Waals surface area (Å²) >= 11 is 7.67. The fourth-order valence-electron chi connectivity index (χ4n) is 1.84. The smallest absolute Gasteiger partial charge is 0.133 e. The Kier molecular flexibility index (Phi) is 4.75. The van der Waals surface area contributed by atoms with Gasteiger partial charge in [0.25, 0.3) is 0 Å². The van der Waals surface area contributed by atoms with Gasteiger partial charge in [-0.1, -0.05) is 23.7 Å². The summed E-state index contributed by atoms with van der Waals surface area (Å²) in [4.78, 5) is 1.14. The summed E-state index contributed by atoms with van der Waals surface area (Å²) in [6, 6.07) is 11.6. The molecule has 2 aromatic carbocycles. The van der Waals surface area contributed by atoms with Crippen LogP contribution in [0.2, 0.25) is 5.02 Å². The van der Waals surface area contributed by atoms with Gasteiger partial charge >= 0.3 is 0 Å². The fraction of sp³-hybridized carbons (Fsp3) is 0.200. The molecule has 4 heteroatoms. The third-order valence-electron chi connectivity index (χ3n) is 2.88. The van der Waals surface area contributed by atoms with Crippen molar-refractivity contribution in [3.63, 3.8) is 0 Å². The van der Waals surface area contributed by atoms with E-state index in [1.54, 1.807) is 11.8 Å². The van der Waals surface area contributed by atoms with E-state index in [1.807, 2.05) is 49.6 Å². The maximum Gasteiger partial charge on any atom is 0.133 e.